The van der Waals surface area contributed by atoms with E-state index in [0.717, 1.165) is 33.3 Å². The van der Waals surface area contributed by atoms with Crippen LogP contribution >= 0.6 is 0 Å². The maximum absolute atomic E-state index is 13.6. The van der Waals surface area contributed by atoms with Crippen molar-refractivity contribution in [1.82, 2.24) is 15.0 Å². The molecule has 2 unspecified atom stereocenters. The Kier molecular flexibility index (Phi) is 8.21. The summed E-state index contributed by atoms with van der Waals surface area (Å²) in [5, 5.41) is 20.9. The third-order valence-corrected chi connectivity index (χ3v) is 12.3. The fraction of sp³-hybridized carbons (Fsp3) is 0.324. The van der Waals surface area contributed by atoms with Crippen molar-refractivity contribution in [2.45, 2.75) is 56.7 Å². The lowest BCUT2D eigenvalue weighted by Crippen LogP contribution is -2.48. The lowest BCUT2D eigenvalue weighted by Gasteiger charge is -2.44. The van der Waals surface area contributed by atoms with Gasteiger partial charge in [-0.3, -0.25) is 14.4 Å². The molecule has 5 atom stereocenters. The Labute approximate surface area is 275 Å². The fourth-order valence-electron chi connectivity index (χ4n) is 7.50. The van der Waals surface area contributed by atoms with Crippen LogP contribution in [-0.2, 0) is 11.3 Å². The molecule has 7 rings (SSSR count). The quantitative estimate of drug-likeness (QED) is 0.165. The van der Waals surface area contributed by atoms with Gasteiger partial charge in [0.25, 0.3) is 5.91 Å². The number of aryl methyl sites for hydroxylation is 1. The fourth-order valence-corrected chi connectivity index (χ4v) is 9.52. The van der Waals surface area contributed by atoms with Gasteiger partial charge in [-0.05, 0) is 60.8 Å². The van der Waals surface area contributed by atoms with Crippen molar-refractivity contribution < 1.29 is 24.2 Å². The summed E-state index contributed by atoms with van der Waals surface area (Å²) in [6.07, 6.45) is 1.92. The Morgan fingerprint density at radius 1 is 1.02 bits per heavy atom. The zero-order valence-electron chi connectivity index (χ0n) is 27.1. The van der Waals surface area contributed by atoms with Crippen molar-refractivity contribution in [1.29, 1.82) is 0 Å². The van der Waals surface area contributed by atoms with Gasteiger partial charge in [0.2, 0.25) is 0 Å². The predicted octanol–water partition coefficient (Wildman–Crippen LogP) is 6.59. The second-order valence-electron chi connectivity index (χ2n) is 13.2. The average molecular weight is 649 g/mol. The van der Waals surface area contributed by atoms with Crippen molar-refractivity contribution in [3.8, 4) is 5.75 Å². The van der Waals surface area contributed by atoms with Gasteiger partial charge in [-0.1, -0.05) is 66.7 Å². The molecular weight excluding hydrogens is 609 g/mol. The van der Waals surface area contributed by atoms with Gasteiger partial charge >= 0.3 is 0 Å². The minimum atomic E-state index is -2.75. The molecule has 0 radical (unpaired) electrons. The minimum Gasteiger partial charge on any atom is -0.490 e. The Hall–Kier alpha value is -4.35. The molecule has 10 heteroatoms. The van der Waals surface area contributed by atoms with Crippen LogP contribution in [0, 0.1) is 5.92 Å². The van der Waals surface area contributed by atoms with Gasteiger partial charge in [0.15, 0.2) is 8.32 Å². The number of carbonyl (C=O) groups excluding carboxylic acids is 1. The van der Waals surface area contributed by atoms with Crippen molar-refractivity contribution in [2.75, 3.05) is 18.6 Å². The highest BCUT2D eigenvalue weighted by atomic mass is 28.4. The summed E-state index contributed by atoms with van der Waals surface area (Å²) in [6, 6.07) is 27.5. The molecule has 0 saturated carbocycles. The molecule has 2 aliphatic heterocycles. The highest BCUT2D eigenvalue weighted by molar-refractivity contribution is 6.71. The standard InChI is InChI=1S/C37H40N4O5Si/c1-23-35(45-2)28-20-26(41-31-15-9-13-25-12-8-14-27(34(25)31)37(41)43)16-17-32(28)46-36(23)33(47(3,4)44)18-19-40-21-30(38-39-40)29(22-42)24-10-6-5-7-11-24/h5-17,20-21,23,29,33,35-36,42,44H,18-19,22H2,1-4H3/t23-,29?,33?,35-,36-/m1/s1. The smallest absolute Gasteiger partial charge is 0.263 e. The van der Waals surface area contributed by atoms with Crippen LogP contribution in [0.5, 0.6) is 5.75 Å². The number of ether oxygens (including phenoxy) is 2. The van der Waals surface area contributed by atoms with Gasteiger partial charge in [-0.15, -0.1) is 5.10 Å². The van der Waals surface area contributed by atoms with Crippen LogP contribution in [0.4, 0.5) is 11.4 Å². The topological polar surface area (TPSA) is 110 Å². The number of benzene rings is 4. The van der Waals surface area contributed by atoms with E-state index in [0.29, 0.717) is 30.0 Å². The first-order chi connectivity index (χ1) is 22.7. The van der Waals surface area contributed by atoms with Gasteiger partial charge in [0, 0.05) is 47.9 Å². The summed E-state index contributed by atoms with van der Waals surface area (Å²) in [4.78, 5) is 27.0. The number of fused-ring (bicyclic) bond motifs is 1. The molecule has 0 saturated heterocycles. The normalized spacial score (nSPS) is 20.3. The molecule has 1 aromatic heterocycles. The molecule has 1 amide bonds. The molecule has 2 N–H and O–H groups in total. The van der Waals surface area contributed by atoms with E-state index in [9.17, 15) is 14.7 Å². The second kappa shape index (κ2) is 12.3. The number of rotatable bonds is 10. The number of carbonyl (C=O) groups is 1. The zero-order valence-corrected chi connectivity index (χ0v) is 28.1. The molecular formula is C37H40N4O5Si. The van der Waals surface area contributed by atoms with E-state index < -0.39 is 8.32 Å². The summed E-state index contributed by atoms with van der Waals surface area (Å²) in [6.45, 7) is 6.49. The lowest BCUT2D eigenvalue weighted by atomic mass is 9.86. The average Bonchev–Trinajstić information content (AvgIpc) is 3.65. The molecule has 242 valence electrons. The number of hydrogen-bond donors (Lipinski definition) is 2. The van der Waals surface area contributed by atoms with Crippen LogP contribution in [0.1, 0.15) is 52.5 Å². The van der Waals surface area contributed by atoms with Crippen LogP contribution in [-0.4, -0.2) is 58.9 Å². The van der Waals surface area contributed by atoms with E-state index in [-0.39, 0.29) is 42.1 Å². The first kappa shape index (κ1) is 31.3. The number of nitrogens with zero attached hydrogens (tertiary/aromatic N) is 4. The van der Waals surface area contributed by atoms with Gasteiger partial charge < -0.3 is 19.4 Å². The van der Waals surface area contributed by atoms with E-state index in [1.807, 2.05) is 104 Å². The third-order valence-electron chi connectivity index (χ3n) is 9.90. The Morgan fingerprint density at radius 2 is 1.79 bits per heavy atom. The number of aliphatic hydroxyl groups excluding tert-OH is 1. The Bertz CT molecular complexity index is 1920. The lowest BCUT2D eigenvalue weighted by molar-refractivity contribution is -0.0247. The van der Waals surface area contributed by atoms with Gasteiger partial charge in [-0.2, -0.15) is 0 Å². The summed E-state index contributed by atoms with van der Waals surface area (Å²) < 4.78 is 14.7. The number of hydrogen-bond acceptors (Lipinski definition) is 7. The summed E-state index contributed by atoms with van der Waals surface area (Å²) in [7, 11) is -1.04. The molecule has 0 spiro atoms. The Morgan fingerprint density at radius 3 is 2.51 bits per heavy atom. The van der Waals surface area contributed by atoms with E-state index in [1.54, 1.807) is 16.7 Å². The van der Waals surface area contributed by atoms with E-state index >= 15 is 0 Å². The third kappa shape index (κ3) is 5.55. The monoisotopic (exact) mass is 648 g/mol. The number of aliphatic hydroxyl groups is 1. The molecule has 4 aromatic carbocycles. The number of methoxy groups -OCH3 is 1. The van der Waals surface area contributed by atoms with Crippen molar-refractivity contribution in [2.24, 2.45) is 5.92 Å². The summed E-state index contributed by atoms with van der Waals surface area (Å²) >= 11 is 0. The highest BCUT2D eigenvalue weighted by Gasteiger charge is 2.46. The number of anilines is 2. The summed E-state index contributed by atoms with van der Waals surface area (Å²) in [5.41, 5.74) is 4.78. The van der Waals surface area contributed by atoms with Gasteiger partial charge in [0.1, 0.15) is 11.9 Å². The molecule has 0 aliphatic carbocycles. The van der Waals surface area contributed by atoms with Crippen molar-refractivity contribution in [3.63, 3.8) is 0 Å². The van der Waals surface area contributed by atoms with E-state index in [1.165, 1.54) is 0 Å². The second-order valence-corrected chi connectivity index (χ2v) is 17.3. The number of aromatic nitrogens is 3. The first-order valence-corrected chi connectivity index (χ1v) is 19.2. The molecule has 0 bridgehead atoms. The Balaban J connectivity index is 1.14. The molecule has 9 nitrogen and oxygen atoms in total. The minimum absolute atomic E-state index is 0.0492. The molecule has 0 fully saturated rings. The van der Waals surface area contributed by atoms with Crippen LogP contribution in [0.2, 0.25) is 18.6 Å². The predicted molar refractivity (Wildman–Crippen MR) is 184 cm³/mol. The molecule has 2 aliphatic rings. The first-order valence-electron chi connectivity index (χ1n) is 16.2. The van der Waals surface area contributed by atoms with Gasteiger partial charge in [-0.25, -0.2) is 0 Å². The van der Waals surface area contributed by atoms with Crippen molar-refractivity contribution in [3.05, 3.63) is 114 Å². The van der Waals surface area contributed by atoms with Crippen LogP contribution in [0.25, 0.3) is 10.8 Å². The highest BCUT2D eigenvalue weighted by Crippen LogP contribution is 2.49. The summed E-state index contributed by atoms with van der Waals surface area (Å²) in [5.74, 6) is 0.315. The maximum atomic E-state index is 13.6. The zero-order chi connectivity index (χ0) is 32.9. The van der Waals surface area contributed by atoms with Crippen LogP contribution in [0.3, 0.4) is 0 Å². The van der Waals surface area contributed by atoms with E-state index in [4.69, 9.17) is 9.47 Å². The molecule has 5 aromatic rings. The van der Waals surface area contributed by atoms with Gasteiger partial charge in [0.05, 0.1) is 35.6 Å². The van der Waals surface area contributed by atoms with Crippen molar-refractivity contribution >= 4 is 36.4 Å². The molecule has 47 heavy (non-hydrogen) atoms. The van der Waals surface area contributed by atoms with Crippen LogP contribution < -0.4 is 9.64 Å². The SMILES string of the molecule is CO[C@H]1c2cc(N3C(=O)c4cccc5cccc3c45)ccc2O[C@@H](C(CCn2cc(C(CO)c3ccccc3)nn2)[Si](C)(C)O)[C@@H]1C. The maximum Gasteiger partial charge on any atom is 0.263 e. The van der Waals surface area contributed by atoms with E-state index in [2.05, 4.69) is 17.2 Å². The number of amides is 1. The molecule has 3 heterocycles. The largest absolute Gasteiger partial charge is 0.490 e. The van der Waals surface area contributed by atoms with Crippen LogP contribution in [0.15, 0.2) is 91.1 Å².